The predicted molar refractivity (Wildman–Crippen MR) is 75.9 cm³/mol. The van der Waals surface area contributed by atoms with Crippen LogP contribution in [0.25, 0.3) is 0 Å². The van der Waals surface area contributed by atoms with Gasteiger partial charge in [-0.15, -0.1) is 0 Å². The van der Waals surface area contributed by atoms with Gasteiger partial charge in [0, 0.05) is 37.8 Å². The summed E-state index contributed by atoms with van der Waals surface area (Å²) < 4.78 is 5.60. The first-order chi connectivity index (χ1) is 8.70. The SMILES string of the molecule is CCCC1CN(C2CCOC2)C(CC(C)C)CN1. The monoisotopic (exact) mass is 254 g/mol. The van der Waals surface area contributed by atoms with Gasteiger partial charge in [-0.3, -0.25) is 4.90 Å². The van der Waals surface area contributed by atoms with Crippen LogP contribution in [0, 0.1) is 5.92 Å². The van der Waals surface area contributed by atoms with Gasteiger partial charge < -0.3 is 10.1 Å². The van der Waals surface area contributed by atoms with E-state index in [2.05, 4.69) is 31.0 Å². The van der Waals surface area contributed by atoms with Crippen LogP contribution in [0.2, 0.25) is 0 Å². The van der Waals surface area contributed by atoms with E-state index in [1.807, 2.05) is 0 Å². The molecule has 3 heteroatoms. The molecule has 3 unspecified atom stereocenters. The average Bonchev–Trinajstić information content (AvgIpc) is 2.84. The number of rotatable bonds is 5. The third-order valence-corrected chi connectivity index (χ3v) is 4.30. The summed E-state index contributed by atoms with van der Waals surface area (Å²) in [5.74, 6) is 0.782. The lowest BCUT2D eigenvalue weighted by molar-refractivity contribution is 0.0579. The van der Waals surface area contributed by atoms with E-state index in [4.69, 9.17) is 4.74 Å². The molecule has 18 heavy (non-hydrogen) atoms. The van der Waals surface area contributed by atoms with Gasteiger partial charge in [-0.2, -0.15) is 0 Å². The number of hydrogen-bond acceptors (Lipinski definition) is 3. The molecule has 2 aliphatic heterocycles. The summed E-state index contributed by atoms with van der Waals surface area (Å²) in [5, 5.41) is 3.75. The second kappa shape index (κ2) is 6.88. The molecule has 0 aromatic carbocycles. The van der Waals surface area contributed by atoms with E-state index in [0.29, 0.717) is 18.1 Å². The highest BCUT2D eigenvalue weighted by molar-refractivity contribution is 4.91. The van der Waals surface area contributed by atoms with Crippen molar-refractivity contribution >= 4 is 0 Å². The van der Waals surface area contributed by atoms with Crippen LogP contribution in [0.15, 0.2) is 0 Å². The Hall–Kier alpha value is -0.120. The minimum absolute atomic E-state index is 0.676. The van der Waals surface area contributed by atoms with Gasteiger partial charge >= 0.3 is 0 Å². The minimum Gasteiger partial charge on any atom is -0.380 e. The van der Waals surface area contributed by atoms with E-state index >= 15 is 0 Å². The highest BCUT2D eigenvalue weighted by atomic mass is 16.5. The smallest absolute Gasteiger partial charge is 0.0622 e. The zero-order chi connectivity index (χ0) is 13.0. The van der Waals surface area contributed by atoms with Crippen LogP contribution in [0.5, 0.6) is 0 Å². The van der Waals surface area contributed by atoms with Gasteiger partial charge in [-0.25, -0.2) is 0 Å². The molecule has 0 aromatic rings. The van der Waals surface area contributed by atoms with Gasteiger partial charge in [0.05, 0.1) is 6.61 Å². The average molecular weight is 254 g/mol. The number of nitrogens with one attached hydrogen (secondary N) is 1. The summed E-state index contributed by atoms with van der Waals surface area (Å²) in [6.07, 6.45) is 5.12. The standard InChI is InChI=1S/C15H30N2O/c1-4-5-13-10-17(14-6-7-18-11-14)15(9-16-13)8-12(2)3/h12-16H,4-11H2,1-3H3. The summed E-state index contributed by atoms with van der Waals surface area (Å²) in [4.78, 5) is 2.75. The highest BCUT2D eigenvalue weighted by Crippen LogP contribution is 2.23. The number of ether oxygens (including phenoxy) is 1. The molecule has 0 amide bonds. The Morgan fingerprint density at radius 2 is 2.22 bits per heavy atom. The lowest BCUT2D eigenvalue weighted by Crippen LogP contribution is -2.59. The third kappa shape index (κ3) is 3.69. The molecule has 0 aliphatic carbocycles. The predicted octanol–water partition coefficient (Wildman–Crippen LogP) is 2.26. The zero-order valence-corrected chi connectivity index (χ0v) is 12.3. The van der Waals surface area contributed by atoms with E-state index in [9.17, 15) is 0 Å². The van der Waals surface area contributed by atoms with E-state index in [-0.39, 0.29) is 0 Å². The fraction of sp³-hybridized carbons (Fsp3) is 1.00. The molecule has 2 aliphatic rings. The van der Waals surface area contributed by atoms with E-state index < -0.39 is 0 Å². The van der Waals surface area contributed by atoms with Crippen molar-refractivity contribution in [3.63, 3.8) is 0 Å². The van der Waals surface area contributed by atoms with Crippen molar-refractivity contribution in [3.8, 4) is 0 Å². The minimum atomic E-state index is 0.676. The quantitative estimate of drug-likeness (QED) is 0.814. The number of nitrogens with zero attached hydrogens (tertiary/aromatic N) is 1. The molecule has 0 saturated carbocycles. The molecule has 0 bridgehead atoms. The van der Waals surface area contributed by atoms with Gasteiger partial charge in [0.1, 0.15) is 0 Å². The largest absolute Gasteiger partial charge is 0.380 e. The Morgan fingerprint density at radius 1 is 1.39 bits per heavy atom. The molecule has 2 rings (SSSR count). The first-order valence-corrected chi connectivity index (χ1v) is 7.77. The number of hydrogen-bond donors (Lipinski definition) is 1. The van der Waals surface area contributed by atoms with Crippen molar-refractivity contribution in [2.75, 3.05) is 26.3 Å². The van der Waals surface area contributed by atoms with Crippen molar-refractivity contribution in [1.29, 1.82) is 0 Å². The second-order valence-corrected chi connectivity index (χ2v) is 6.39. The van der Waals surface area contributed by atoms with Crippen LogP contribution in [0.3, 0.4) is 0 Å². The fourth-order valence-corrected chi connectivity index (χ4v) is 3.42. The lowest BCUT2D eigenvalue weighted by atomic mass is 9.95. The van der Waals surface area contributed by atoms with Crippen molar-refractivity contribution in [2.45, 2.75) is 64.6 Å². The van der Waals surface area contributed by atoms with Gasteiger partial charge in [-0.1, -0.05) is 27.2 Å². The molecule has 3 atom stereocenters. The van der Waals surface area contributed by atoms with Crippen molar-refractivity contribution in [3.05, 3.63) is 0 Å². The fourth-order valence-electron chi connectivity index (χ4n) is 3.42. The molecular weight excluding hydrogens is 224 g/mol. The molecule has 0 radical (unpaired) electrons. The molecule has 3 nitrogen and oxygen atoms in total. The zero-order valence-electron chi connectivity index (χ0n) is 12.3. The van der Waals surface area contributed by atoms with Crippen LogP contribution >= 0.6 is 0 Å². The first-order valence-electron chi connectivity index (χ1n) is 7.77. The summed E-state index contributed by atoms with van der Waals surface area (Å²) in [7, 11) is 0. The van der Waals surface area contributed by atoms with Crippen LogP contribution in [-0.2, 0) is 4.74 Å². The highest BCUT2D eigenvalue weighted by Gasteiger charge is 2.34. The van der Waals surface area contributed by atoms with E-state index in [1.54, 1.807) is 0 Å². The summed E-state index contributed by atoms with van der Waals surface area (Å²) >= 11 is 0. The normalized spacial score (nSPS) is 34.3. The molecule has 106 valence electrons. The first kappa shape index (κ1) is 14.3. The lowest BCUT2D eigenvalue weighted by Gasteiger charge is -2.44. The molecule has 2 heterocycles. The van der Waals surface area contributed by atoms with Gasteiger partial charge in [0.25, 0.3) is 0 Å². The van der Waals surface area contributed by atoms with Gasteiger partial charge in [-0.05, 0) is 25.2 Å². The Kier molecular flexibility index (Phi) is 5.46. The maximum Gasteiger partial charge on any atom is 0.0622 e. The van der Waals surface area contributed by atoms with Crippen molar-refractivity contribution in [1.82, 2.24) is 10.2 Å². The molecule has 0 aromatic heterocycles. The topological polar surface area (TPSA) is 24.5 Å². The summed E-state index contributed by atoms with van der Waals surface area (Å²) in [6.45, 7) is 11.3. The summed E-state index contributed by atoms with van der Waals surface area (Å²) in [5.41, 5.74) is 0. The third-order valence-electron chi connectivity index (χ3n) is 4.30. The van der Waals surface area contributed by atoms with Gasteiger partial charge in [0.2, 0.25) is 0 Å². The maximum atomic E-state index is 5.60. The maximum absolute atomic E-state index is 5.60. The van der Waals surface area contributed by atoms with Crippen LogP contribution < -0.4 is 5.32 Å². The molecule has 0 spiro atoms. The van der Waals surface area contributed by atoms with Gasteiger partial charge in [0.15, 0.2) is 0 Å². The molecule has 1 N–H and O–H groups in total. The Labute approximate surface area is 112 Å². The Bertz CT molecular complexity index is 239. The van der Waals surface area contributed by atoms with Crippen molar-refractivity contribution < 1.29 is 4.74 Å². The second-order valence-electron chi connectivity index (χ2n) is 6.39. The van der Waals surface area contributed by atoms with E-state index in [1.165, 1.54) is 38.8 Å². The van der Waals surface area contributed by atoms with Crippen LogP contribution in [0.4, 0.5) is 0 Å². The Balaban J connectivity index is 1.95. The van der Waals surface area contributed by atoms with Crippen LogP contribution in [-0.4, -0.2) is 49.3 Å². The molecule has 2 fully saturated rings. The van der Waals surface area contributed by atoms with E-state index in [0.717, 1.165) is 19.1 Å². The summed E-state index contributed by atoms with van der Waals surface area (Å²) in [6, 6.07) is 2.08. The van der Waals surface area contributed by atoms with Crippen molar-refractivity contribution in [2.24, 2.45) is 5.92 Å². The van der Waals surface area contributed by atoms with Crippen LogP contribution in [0.1, 0.15) is 46.5 Å². The molecule has 2 saturated heterocycles. The molecular formula is C15H30N2O. The Morgan fingerprint density at radius 3 is 2.83 bits per heavy atom. The number of piperazine rings is 1.